The van der Waals surface area contributed by atoms with Gasteiger partial charge in [0, 0.05) is 17.9 Å². The number of anilines is 2. The summed E-state index contributed by atoms with van der Waals surface area (Å²) in [6.45, 7) is 5.82. The minimum absolute atomic E-state index is 0.0390. The number of nitrogens with zero attached hydrogens (tertiary/aromatic N) is 2. The second kappa shape index (κ2) is 7.56. The fourth-order valence-electron chi connectivity index (χ4n) is 2.89. The third-order valence-electron chi connectivity index (χ3n) is 3.98. The third-order valence-corrected chi connectivity index (χ3v) is 4.21. The number of ether oxygens (including phenoxy) is 1. The highest BCUT2D eigenvalue weighted by Gasteiger charge is 2.26. The molecule has 2 amide bonds. The van der Waals surface area contributed by atoms with Crippen LogP contribution in [0.25, 0.3) is 0 Å². The number of halogens is 1. The average Bonchev–Trinajstić information content (AvgIpc) is 2.56. The van der Waals surface area contributed by atoms with Crippen LogP contribution in [0.15, 0.2) is 36.4 Å². The lowest BCUT2D eigenvalue weighted by atomic mass is 10.1. The smallest absolute Gasteiger partial charge is 0.413 e. The van der Waals surface area contributed by atoms with E-state index in [0.717, 1.165) is 16.9 Å². The Bertz CT molecular complexity index is 877. The van der Waals surface area contributed by atoms with Crippen LogP contribution >= 0.6 is 11.6 Å². The predicted octanol–water partition coefficient (Wildman–Crippen LogP) is 4.56. The summed E-state index contributed by atoms with van der Waals surface area (Å²) >= 11 is 6.05. The Morgan fingerprint density at radius 1 is 1.26 bits per heavy atom. The number of nitrogens with one attached hydrogen (secondary N) is 1. The van der Waals surface area contributed by atoms with Gasteiger partial charge in [-0.1, -0.05) is 23.7 Å². The van der Waals surface area contributed by atoms with Crippen molar-refractivity contribution < 1.29 is 14.3 Å². The summed E-state index contributed by atoms with van der Waals surface area (Å²) in [5, 5.41) is 3.27. The van der Waals surface area contributed by atoms with Crippen molar-refractivity contribution in [2.24, 2.45) is 0 Å². The van der Waals surface area contributed by atoms with Crippen molar-refractivity contribution in [3.63, 3.8) is 0 Å². The highest BCUT2D eigenvalue weighted by molar-refractivity contribution is 6.30. The van der Waals surface area contributed by atoms with Crippen LogP contribution in [0.3, 0.4) is 0 Å². The SMILES string of the molecule is CC(C)(C)OC(=O)Nc1ccc2c(n1)CCC(=O)N2Cc1cccc(Cl)c1. The molecule has 2 heterocycles. The third kappa shape index (κ3) is 4.98. The molecule has 0 radical (unpaired) electrons. The molecule has 2 aromatic rings. The highest BCUT2D eigenvalue weighted by atomic mass is 35.5. The first-order valence-electron chi connectivity index (χ1n) is 8.76. The largest absolute Gasteiger partial charge is 0.444 e. The van der Waals surface area contributed by atoms with Crippen LogP contribution in [0.4, 0.5) is 16.3 Å². The van der Waals surface area contributed by atoms with Gasteiger partial charge in [0.15, 0.2) is 0 Å². The maximum absolute atomic E-state index is 12.4. The standard InChI is InChI=1S/C20H22ClN3O3/c1-20(2,3)27-19(26)23-17-9-8-16-15(22-17)7-10-18(25)24(16)12-13-5-4-6-14(21)11-13/h4-6,8-9,11H,7,10,12H2,1-3H3,(H,22,23,26). The van der Waals surface area contributed by atoms with Crippen molar-refractivity contribution >= 4 is 35.1 Å². The molecular formula is C20H22ClN3O3. The molecule has 1 N–H and O–H groups in total. The van der Waals surface area contributed by atoms with E-state index >= 15 is 0 Å². The van der Waals surface area contributed by atoms with Crippen LogP contribution < -0.4 is 10.2 Å². The van der Waals surface area contributed by atoms with E-state index < -0.39 is 11.7 Å². The van der Waals surface area contributed by atoms with E-state index in [2.05, 4.69) is 10.3 Å². The van der Waals surface area contributed by atoms with Crippen LogP contribution in [0.5, 0.6) is 0 Å². The lowest BCUT2D eigenvalue weighted by molar-refractivity contribution is -0.119. The number of amides is 2. The Morgan fingerprint density at radius 3 is 2.74 bits per heavy atom. The molecule has 0 aliphatic carbocycles. The summed E-state index contributed by atoms with van der Waals surface area (Å²) in [6, 6.07) is 10.9. The normalized spacial score (nSPS) is 13.9. The number of carbonyl (C=O) groups excluding carboxylic acids is 2. The van der Waals surface area contributed by atoms with Crippen molar-refractivity contribution in [3.8, 4) is 0 Å². The van der Waals surface area contributed by atoms with Gasteiger partial charge in [-0.25, -0.2) is 9.78 Å². The summed E-state index contributed by atoms with van der Waals surface area (Å²) in [7, 11) is 0. The van der Waals surface area contributed by atoms with Gasteiger partial charge in [-0.2, -0.15) is 0 Å². The number of hydrogen-bond donors (Lipinski definition) is 1. The summed E-state index contributed by atoms with van der Waals surface area (Å²) in [4.78, 5) is 30.6. The molecule has 0 atom stereocenters. The molecule has 0 saturated heterocycles. The Morgan fingerprint density at radius 2 is 2.04 bits per heavy atom. The summed E-state index contributed by atoms with van der Waals surface area (Å²) in [6.07, 6.45) is 0.346. The second-order valence-corrected chi connectivity index (χ2v) is 7.84. The van der Waals surface area contributed by atoms with Crippen molar-refractivity contribution in [2.45, 2.75) is 45.8 Å². The van der Waals surface area contributed by atoms with Crippen LogP contribution in [0.2, 0.25) is 5.02 Å². The summed E-state index contributed by atoms with van der Waals surface area (Å²) in [5.74, 6) is 0.442. The molecule has 0 unspecified atom stereocenters. The van der Waals surface area contributed by atoms with E-state index in [1.807, 2.05) is 18.2 Å². The zero-order valence-corrected chi connectivity index (χ0v) is 16.3. The second-order valence-electron chi connectivity index (χ2n) is 7.40. The van der Waals surface area contributed by atoms with Gasteiger partial charge in [-0.15, -0.1) is 0 Å². The molecule has 0 bridgehead atoms. The molecule has 0 saturated carbocycles. The highest BCUT2D eigenvalue weighted by Crippen LogP contribution is 2.29. The fraction of sp³-hybridized carbons (Fsp3) is 0.350. The van der Waals surface area contributed by atoms with Crippen LogP contribution in [-0.4, -0.2) is 22.6 Å². The molecule has 3 rings (SSSR count). The Labute approximate surface area is 163 Å². The van der Waals surface area contributed by atoms with E-state index in [9.17, 15) is 9.59 Å². The van der Waals surface area contributed by atoms with E-state index in [1.165, 1.54) is 0 Å². The fourth-order valence-corrected chi connectivity index (χ4v) is 3.10. The Balaban J connectivity index is 1.79. The lowest BCUT2D eigenvalue weighted by Gasteiger charge is -2.29. The van der Waals surface area contributed by atoms with Gasteiger partial charge in [-0.05, 0) is 50.6 Å². The predicted molar refractivity (Wildman–Crippen MR) is 105 cm³/mol. The van der Waals surface area contributed by atoms with Gasteiger partial charge >= 0.3 is 6.09 Å². The van der Waals surface area contributed by atoms with E-state index in [-0.39, 0.29) is 5.91 Å². The maximum atomic E-state index is 12.4. The first kappa shape index (κ1) is 19.2. The Hall–Kier alpha value is -2.60. The molecular weight excluding hydrogens is 366 g/mol. The van der Waals surface area contributed by atoms with Gasteiger partial charge in [0.1, 0.15) is 11.4 Å². The van der Waals surface area contributed by atoms with Gasteiger partial charge < -0.3 is 9.64 Å². The maximum Gasteiger partial charge on any atom is 0.413 e. The molecule has 0 spiro atoms. The summed E-state index contributed by atoms with van der Waals surface area (Å²) in [5.41, 5.74) is 1.88. The quantitative estimate of drug-likeness (QED) is 0.837. The molecule has 1 aliphatic rings. The average molecular weight is 388 g/mol. The molecule has 27 heavy (non-hydrogen) atoms. The number of carbonyl (C=O) groups is 2. The summed E-state index contributed by atoms with van der Waals surface area (Å²) < 4.78 is 5.25. The number of fused-ring (bicyclic) bond motifs is 1. The number of benzene rings is 1. The van der Waals surface area contributed by atoms with Crippen molar-refractivity contribution in [1.82, 2.24) is 4.98 Å². The first-order chi connectivity index (χ1) is 12.7. The van der Waals surface area contributed by atoms with Gasteiger partial charge in [0.2, 0.25) is 5.91 Å². The number of hydrogen-bond acceptors (Lipinski definition) is 4. The first-order valence-corrected chi connectivity index (χ1v) is 9.14. The molecule has 1 aliphatic heterocycles. The van der Waals surface area contributed by atoms with Crippen LogP contribution in [0.1, 0.15) is 38.4 Å². The van der Waals surface area contributed by atoms with E-state index in [0.29, 0.717) is 30.2 Å². The van der Waals surface area contributed by atoms with Crippen molar-refractivity contribution in [2.75, 3.05) is 10.2 Å². The molecule has 1 aromatic carbocycles. The Kier molecular flexibility index (Phi) is 5.37. The number of aromatic nitrogens is 1. The van der Waals surface area contributed by atoms with Crippen LogP contribution in [-0.2, 0) is 22.5 Å². The zero-order valence-electron chi connectivity index (χ0n) is 15.6. The minimum atomic E-state index is -0.585. The number of aryl methyl sites for hydroxylation is 1. The minimum Gasteiger partial charge on any atom is -0.444 e. The lowest BCUT2D eigenvalue weighted by Crippen LogP contribution is -2.35. The van der Waals surface area contributed by atoms with Crippen LogP contribution in [0, 0.1) is 0 Å². The number of pyridine rings is 1. The molecule has 142 valence electrons. The van der Waals surface area contributed by atoms with Crippen molar-refractivity contribution in [3.05, 3.63) is 52.7 Å². The van der Waals surface area contributed by atoms with E-state index in [4.69, 9.17) is 16.3 Å². The van der Waals surface area contributed by atoms with Gasteiger partial charge in [-0.3, -0.25) is 10.1 Å². The number of rotatable bonds is 3. The molecule has 0 fully saturated rings. The zero-order chi connectivity index (χ0) is 19.6. The molecule has 1 aromatic heterocycles. The molecule has 7 heteroatoms. The van der Waals surface area contributed by atoms with E-state index in [1.54, 1.807) is 43.9 Å². The topological polar surface area (TPSA) is 71.5 Å². The van der Waals surface area contributed by atoms with Gasteiger partial charge in [0.05, 0.1) is 17.9 Å². The monoisotopic (exact) mass is 387 g/mol. The van der Waals surface area contributed by atoms with Gasteiger partial charge in [0.25, 0.3) is 0 Å². The molecule has 6 nitrogen and oxygen atoms in total. The van der Waals surface area contributed by atoms with Crippen molar-refractivity contribution in [1.29, 1.82) is 0 Å².